The van der Waals surface area contributed by atoms with Crippen LogP contribution in [0.2, 0.25) is 10.0 Å². The van der Waals surface area contributed by atoms with Crippen molar-refractivity contribution in [3.63, 3.8) is 0 Å². The molecule has 0 spiro atoms. The highest BCUT2D eigenvalue weighted by molar-refractivity contribution is 9.09. The third-order valence-electron chi connectivity index (χ3n) is 2.93. The average molecular weight is 344 g/mol. The Balaban J connectivity index is 2.41. The number of alkyl halides is 1. The van der Waals surface area contributed by atoms with Gasteiger partial charge in [0, 0.05) is 0 Å². The maximum Gasteiger partial charge on any atom is 0.0647 e. The monoisotopic (exact) mass is 342 g/mol. The molecule has 0 heterocycles. The summed E-state index contributed by atoms with van der Waals surface area (Å²) in [5.74, 6) is 0. The van der Waals surface area contributed by atoms with Crippen LogP contribution >= 0.6 is 39.1 Å². The summed E-state index contributed by atoms with van der Waals surface area (Å²) in [6.45, 7) is 4.22. The van der Waals surface area contributed by atoms with E-state index in [0.717, 1.165) is 5.56 Å². The van der Waals surface area contributed by atoms with Crippen molar-refractivity contribution < 1.29 is 0 Å². The molecule has 0 fully saturated rings. The topological polar surface area (TPSA) is 0 Å². The Bertz CT molecular complexity index is 579. The van der Waals surface area contributed by atoms with Crippen molar-refractivity contribution in [1.82, 2.24) is 0 Å². The maximum atomic E-state index is 6.06. The van der Waals surface area contributed by atoms with Crippen molar-refractivity contribution >= 4 is 39.1 Å². The predicted octanol–water partition coefficient (Wildman–Crippen LogP) is 6.09. The first-order chi connectivity index (χ1) is 8.49. The predicted molar refractivity (Wildman–Crippen MR) is 83.1 cm³/mol. The molecule has 94 valence electrons. The number of aryl methyl sites for hydroxylation is 2. The lowest BCUT2D eigenvalue weighted by Crippen LogP contribution is -1.96. The van der Waals surface area contributed by atoms with Gasteiger partial charge in [-0.15, -0.1) is 0 Å². The van der Waals surface area contributed by atoms with E-state index in [1.54, 1.807) is 0 Å². The summed E-state index contributed by atoms with van der Waals surface area (Å²) in [6.07, 6.45) is 0. The number of rotatable bonds is 2. The van der Waals surface area contributed by atoms with Gasteiger partial charge < -0.3 is 0 Å². The summed E-state index contributed by atoms with van der Waals surface area (Å²) >= 11 is 15.7. The molecule has 0 saturated heterocycles. The number of hydrogen-bond acceptors (Lipinski definition) is 0. The highest BCUT2D eigenvalue weighted by Crippen LogP contribution is 2.35. The Morgan fingerprint density at radius 2 is 1.67 bits per heavy atom. The molecule has 0 bridgehead atoms. The van der Waals surface area contributed by atoms with E-state index in [-0.39, 0.29) is 4.83 Å². The Morgan fingerprint density at radius 1 is 0.944 bits per heavy atom. The van der Waals surface area contributed by atoms with Gasteiger partial charge in [0.05, 0.1) is 14.9 Å². The van der Waals surface area contributed by atoms with Gasteiger partial charge in [-0.3, -0.25) is 0 Å². The largest absolute Gasteiger partial charge is 0.0827 e. The lowest BCUT2D eigenvalue weighted by Gasteiger charge is -2.15. The fourth-order valence-corrected chi connectivity index (χ4v) is 3.06. The van der Waals surface area contributed by atoms with E-state index in [1.807, 2.05) is 18.2 Å². The van der Waals surface area contributed by atoms with E-state index in [4.69, 9.17) is 23.2 Å². The molecule has 18 heavy (non-hydrogen) atoms. The van der Waals surface area contributed by atoms with E-state index in [2.05, 4.69) is 48.0 Å². The molecule has 2 rings (SSSR count). The summed E-state index contributed by atoms with van der Waals surface area (Å²) in [5, 5.41) is 1.17. The molecule has 0 amide bonds. The van der Waals surface area contributed by atoms with Crippen LogP contribution in [0.5, 0.6) is 0 Å². The normalized spacial score (nSPS) is 12.5. The first-order valence-electron chi connectivity index (χ1n) is 5.65. The Morgan fingerprint density at radius 3 is 2.28 bits per heavy atom. The molecule has 1 atom stereocenters. The smallest absolute Gasteiger partial charge is 0.0647 e. The maximum absolute atomic E-state index is 6.06. The molecule has 3 heteroatoms. The van der Waals surface area contributed by atoms with Crippen LogP contribution in [0.4, 0.5) is 0 Å². The first kappa shape index (κ1) is 13.9. The quantitative estimate of drug-likeness (QED) is 0.578. The van der Waals surface area contributed by atoms with Gasteiger partial charge in [-0.05, 0) is 42.7 Å². The van der Waals surface area contributed by atoms with Crippen molar-refractivity contribution in [2.45, 2.75) is 18.7 Å². The minimum atomic E-state index is 0.132. The number of halogens is 3. The SMILES string of the molecule is Cc1ccc(C(Br)c2ccc(Cl)c(Cl)c2)c(C)c1. The molecular weight excluding hydrogens is 331 g/mol. The summed E-state index contributed by atoms with van der Waals surface area (Å²) in [6, 6.07) is 12.2. The Kier molecular flexibility index (Phi) is 4.37. The molecule has 2 aromatic rings. The lowest BCUT2D eigenvalue weighted by molar-refractivity contribution is 1.14. The molecular formula is C15H13BrCl2. The van der Waals surface area contributed by atoms with Crippen LogP contribution in [0, 0.1) is 13.8 Å². The number of benzene rings is 2. The zero-order valence-electron chi connectivity index (χ0n) is 10.2. The van der Waals surface area contributed by atoms with E-state index < -0.39 is 0 Å². The third-order valence-corrected chi connectivity index (χ3v) is 4.70. The molecule has 0 radical (unpaired) electrons. The fraction of sp³-hybridized carbons (Fsp3) is 0.200. The molecule has 0 aliphatic heterocycles. The summed E-state index contributed by atoms with van der Waals surface area (Å²) in [5.41, 5.74) is 4.89. The van der Waals surface area contributed by atoms with Crippen LogP contribution in [0.3, 0.4) is 0 Å². The van der Waals surface area contributed by atoms with E-state index in [1.165, 1.54) is 16.7 Å². The zero-order chi connectivity index (χ0) is 13.3. The van der Waals surface area contributed by atoms with E-state index >= 15 is 0 Å². The van der Waals surface area contributed by atoms with Crippen LogP contribution in [0.15, 0.2) is 36.4 Å². The van der Waals surface area contributed by atoms with Crippen LogP contribution in [0.1, 0.15) is 27.1 Å². The highest BCUT2D eigenvalue weighted by Gasteiger charge is 2.13. The van der Waals surface area contributed by atoms with E-state index in [0.29, 0.717) is 10.0 Å². The van der Waals surface area contributed by atoms with Gasteiger partial charge in [-0.2, -0.15) is 0 Å². The minimum Gasteiger partial charge on any atom is -0.0827 e. The molecule has 0 aromatic heterocycles. The van der Waals surface area contributed by atoms with Gasteiger partial charge in [-0.25, -0.2) is 0 Å². The van der Waals surface area contributed by atoms with Crippen molar-refractivity contribution in [2.75, 3.05) is 0 Å². The number of hydrogen-bond donors (Lipinski definition) is 0. The molecule has 0 aliphatic carbocycles. The van der Waals surface area contributed by atoms with Gasteiger partial charge in [0.15, 0.2) is 0 Å². The van der Waals surface area contributed by atoms with Crippen molar-refractivity contribution in [2.24, 2.45) is 0 Å². The van der Waals surface area contributed by atoms with Crippen LogP contribution < -0.4 is 0 Å². The molecule has 0 N–H and O–H groups in total. The van der Waals surface area contributed by atoms with Crippen LogP contribution in [0.25, 0.3) is 0 Å². The summed E-state index contributed by atoms with van der Waals surface area (Å²) in [4.78, 5) is 0.132. The third kappa shape index (κ3) is 2.90. The van der Waals surface area contributed by atoms with Crippen LogP contribution in [-0.2, 0) is 0 Å². The minimum absolute atomic E-state index is 0.132. The van der Waals surface area contributed by atoms with Gasteiger partial charge >= 0.3 is 0 Å². The second-order valence-corrected chi connectivity index (χ2v) is 6.13. The summed E-state index contributed by atoms with van der Waals surface area (Å²) < 4.78 is 0. The van der Waals surface area contributed by atoms with Gasteiger partial charge in [0.2, 0.25) is 0 Å². The average Bonchev–Trinajstić information content (AvgIpc) is 2.32. The molecule has 2 aromatic carbocycles. The zero-order valence-corrected chi connectivity index (χ0v) is 13.3. The van der Waals surface area contributed by atoms with Gasteiger partial charge in [0.25, 0.3) is 0 Å². The summed E-state index contributed by atoms with van der Waals surface area (Å²) in [7, 11) is 0. The Labute approximate surface area is 126 Å². The second kappa shape index (κ2) is 5.64. The Hall–Kier alpha value is -0.500. The van der Waals surface area contributed by atoms with Crippen molar-refractivity contribution in [1.29, 1.82) is 0 Å². The molecule has 0 aliphatic rings. The van der Waals surface area contributed by atoms with Crippen molar-refractivity contribution in [3.05, 3.63) is 68.7 Å². The molecule has 0 saturated carbocycles. The van der Waals surface area contributed by atoms with Crippen LogP contribution in [-0.4, -0.2) is 0 Å². The lowest BCUT2D eigenvalue weighted by atomic mass is 9.99. The first-order valence-corrected chi connectivity index (χ1v) is 7.32. The van der Waals surface area contributed by atoms with Gasteiger partial charge in [0.1, 0.15) is 0 Å². The fourth-order valence-electron chi connectivity index (χ4n) is 1.96. The standard InChI is InChI=1S/C15H13BrCl2/c1-9-3-5-12(10(2)7-9)15(16)11-4-6-13(17)14(18)8-11/h3-8,15H,1-2H3. The van der Waals surface area contributed by atoms with Crippen molar-refractivity contribution in [3.8, 4) is 0 Å². The highest BCUT2D eigenvalue weighted by atomic mass is 79.9. The molecule has 0 nitrogen and oxygen atoms in total. The van der Waals surface area contributed by atoms with Gasteiger partial charge in [-0.1, -0.05) is 69.0 Å². The molecule has 1 unspecified atom stereocenters. The van der Waals surface area contributed by atoms with E-state index in [9.17, 15) is 0 Å². The second-order valence-electron chi connectivity index (χ2n) is 4.40.